The molecule has 5 rings (SSSR count). The number of nitrogens with zero attached hydrogens (tertiary/aromatic N) is 4. The van der Waals surface area contributed by atoms with Crippen molar-refractivity contribution < 1.29 is 9.18 Å². The Kier molecular flexibility index (Phi) is 6.50. The number of fused-ring (bicyclic) bond motifs is 1. The maximum atomic E-state index is 13.5. The van der Waals surface area contributed by atoms with Crippen LogP contribution in [0, 0.1) is 17.1 Å². The first-order chi connectivity index (χ1) is 16.6. The van der Waals surface area contributed by atoms with E-state index in [4.69, 9.17) is 5.26 Å². The molecule has 6 nitrogen and oxygen atoms in total. The standard InChI is InChI=1S/C27H30FN5O/c28-22-5-7-23(8-6-22)33(27(34)32-11-2-1-3-12-32)15-14-31-13-10-21(19-31)25-18-30-26-16-20(17-29)4-9-24(25)26/h4-9,16,18,21,30H,1-3,10-15,19H2. The van der Waals surface area contributed by atoms with E-state index < -0.39 is 0 Å². The van der Waals surface area contributed by atoms with Gasteiger partial charge in [0.2, 0.25) is 0 Å². The smallest absolute Gasteiger partial charge is 0.324 e. The third-order valence-corrected chi connectivity index (χ3v) is 7.19. The van der Waals surface area contributed by atoms with Crippen LogP contribution >= 0.6 is 0 Å². The molecule has 3 heterocycles. The Morgan fingerprint density at radius 3 is 2.68 bits per heavy atom. The molecule has 1 N–H and O–H groups in total. The van der Waals surface area contributed by atoms with E-state index in [0.717, 1.165) is 63.2 Å². The minimum Gasteiger partial charge on any atom is -0.361 e. The Labute approximate surface area is 199 Å². The number of piperidine rings is 1. The Balaban J connectivity index is 1.27. The lowest BCUT2D eigenvalue weighted by Gasteiger charge is -2.34. The first kappa shape index (κ1) is 22.4. The van der Waals surface area contributed by atoms with Crippen LogP contribution in [0.25, 0.3) is 10.9 Å². The summed E-state index contributed by atoms with van der Waals surface area (Å²) in [6.07, 6.45) is 6.38. The Morgan fingerprint density at radius 1 is 1.12 bits per heavy atom. The van der Waals surface area contributed by atoms with Gasteiger partial charge in [-0.2, -0.15) is 5.26 Å². The van der Waals surface area contributed by atoms with Gasteiger partial charge in [-0.25, -0.2) is 9.18 Å². The molecule has 2 saturated heterocycles. The summed E-state index contributed by atoms with van der Waals surface area (Å²) in [5, 5.41) is 10.3. The molecular weight excluding hydrogens is 429 g/mol. The highest BCUT2D eigenvalue weighted by atomic mass is 19.1. The number of urea groups is 1. The van der Waals surface area contributed by atoms with Crippen molar-refractivity contribution >= 4 is 22.6 Å². The van der Waals surface area contributed by atoms with Crippen molar-refractivity contribution in [3.8, 4) is 6.07 Å². The summed E-state index contributed by atoms with van der Waals surface area (Å²) >= 11 is 0. The number of benzene rings is 2. The highest BCUT2D eigenvalue weighted by molar-refractivity contribution is 5.92. The van der Waals surface area contributed by atoms with Crippen LogP contribution in [-0.2, 0) is 0 Å². The molecule has 0 spiro atoms. The van der Waals surface area contributed by atoms with Crippen molar-refractivity contribution in [1.82, 2.24) is 14.8 Å². The maximum Gasteiger partial charge on any atom is 0.324 e. The lowest BCUT2D eigenvalue weighted by Crippen LogP contribution is -2.48. The average molecular weight is 460 g/mol. The molecule has 7 heteroatoms. The summed E-state index contributed by atoms with van der Waals surface area (Å²) < 4.78 is 13.5. The van der Waals surface area contributed by atoms with Gasteiger partial charge in [0.05, 0.1) is 11.6 Å². The number of carbonyl (C=O) groups excluding carboxylic acids is 1. The normalized spacial score (nSPS) is 18.8. The van der Waals surface area contributed by atoms with Gasteiger partial charge in [-0.05, 0) is 80.1 Å². The molecule has 1 atom stereocenters. The van der Waals surface area contributed by atoms with Gasteiger partial charge in [0.25, 0.3) is 0 Å². The largest absolute Gasteiger partial charge is 0.361 e. The zero-order valence-corrected chi connectivity index (χ0v) is 19.3. The Morgan fingerprint density at radius 2 is 1.91 bits per heavy atom. The molecule has 2 fully saturated rings. The van der Waals surface area contributed by atoms with Gasteiger partial charge < -0.3 is 14.8 Å². The fourth-order valence-electron chi connectivity index (χ4n) is 5.30. The molecule has 0 saturated carbocycles. The maximum absolute atomic E-state index is 13.5. The summed E-state index contributed by atoms with van der Waals surface area (Å²) in [6.45, 7) is 4.83. The van der Waals surface area contributed by atoms with Crippen LogP contribution < -0.4 is 4.90 Å². The summed E-state index contributed by atoms with van der Waals surface area (Å²) in [7, 11) is 0. The van der Waals surface area contributed by atoms with E-state index in [-0.39, 0.29) is 11.8 Å². The first-order valence-electron chi connectivity index (χ1n) is 12.2. The summed E-state index contributed by atoms with van der Waals surface area (Å²) in [4.78, 5) is 22.8. The molecule has 0 radical (unpaired) electrons. The van der Waals surface area contributed by atoms with Gasteiger partial charge >= 0.3 is 6.03 Å². The fourth-order valence-corrected chi connectivity index (χ4v) is 5.30. The van der Waals surface area contributed by atoms with E-state index in [1.807, 2.05) is 28.0 Å². The van der Waals surface area contributed by atoms with Crippen LogP contribution in [0.3, 0.4) is 0 Å². The Hall–Kier alpha value is -3.37. The van der Waals surface area contributed by atoms with Crippen molar-refractivity contribution in [3.05, 3.63) is 65.6 Å². The van der Waals surface area contributed by atoms with Crippen LogP contribution in [0.1, 0.15) is 42.7 Å². The Bertz CT molecular complexity index is 1190. The van der Waals surface area contributed by atoms with Gasteiger partial charge in [-0.3, -0.25) is 4.90 Å². The molecule has 0 bridgehead atoms. The molecule has 1 unspecified atom stereocenters. The number of hydrogen-bond donors (Lipinski definition) is 1. The highest BCUT2D eigenvalue weighted by Gasteiger charge is 2.28. The monoisotopic (exact) mass is 459 g/mol. The molecule has 34 heavy (non-hydrogen) atoms. The molecule has 2 aliphatic heterocycles. The molecule has 0 aliphatic carbocycles. The molecule has 2 aliphatic rings. The molecule has 1 aromatic heterocycles. The summed E-state index contributed by atoms with van der Waals surface area (Å²) in [6, 6.07) is 14.3. The van der Waals surface area contributed by atoms with Crippen molar-refractivity contribution in [2.24, 2.45) is 0 Å². The van der Waals surface area contributed by atoms with Crippen LogP contribution in [0.5, 0.6) is 0 Å². The number of amides is 2. The number of nitrogens with one attached hydrogen (secondary N) is 1. The van der Waals surface area contributed by atoms with Crippen molar-refractivity contribution in [2.45, 2.75) is 31.6 Å². The zero-order chi connectivity index (χ0) is 23.5. The number of H-pyrrole nitrogens is 1. The van der Waals surface area contributed by atoms with Gasteiger partial charge in [-0.15, -0.1) is 0 Å². The number of aromatic amines is 1. The highest BCUT2D eigenvalue weighted by Crippen LogP contribution is 2.33. The number of aromatic nitrogens is 1. The predicted octanol–water partition coefficient (Wildman–Crippen LogP) is 5.08. The van der Waals surface area contributed by atoms with E-state index in [9.17, 15) is 9.18 Å². The zero-order valence-electron chi connectivity index (χ0n) is 19.3. The van der Waals surface area contributed by atoms with Gasteiger partial charge in [-0.1, -0.05) is 6.07 Å². The fraction of sp³-hybridized carbons (Fsp3) is 0.407. The second-order valence-electron chi connectivity index (χ2n) is 9.36. The quantitative estimate of drug-likeness (QED) is 0.579. The van der Waals surface area contributed by atoms with E-state index in [1.165, 1.54) is 29.5 Å². The SMILES string of the molecule is N#Cc1ccc2c(C3CCN(CCN(C(=O)N4CCCCC4)c4ccc(F)cc4)C3)c[nH]c2c1. The van der Waals surface area contributed by atoms with Gasteiger partial charge in [0, 0.05) is 55.5 Å². The first-order valence-corrected chi connectivity index (χ1v) is 12.2. The second-order valence-corrected chi connectivity index (χ2v) is 9.36. The minimum absolute atomic E-state index is 0.0204. The number of carbonyl (C=O) groups is 1. The molecule has 2 aromatic carbocycles. The van der Waals surface area contributed by atoms with E-state index in [1.54, 1.807) is 12.1 Å². The van der Waals surface area contributed by atoms with E-state index in [0.29, 0.717) is 18.0 Å². The van der Waals surface area contributed by atoms with Crippen molar-refractivity contribution in [3.63, 3.8) is 0 Å². The third kappa shape index (κ3) is 4.64. The van der Waals surface area contributed by atoms with Gasteiger partial charge in [0.1, 0.15) is 5.82 Å². The predicted molar refractivity (Wildman–Crippen MR) is 131 cm³/mol. The second kappa shape index (κ2) is 9.86. The molecule has 2 amide bonds. The van der Waals surface area contributed by atoms with Crippen molar-refractivity contribution in [2.75, 3.05) is 44.2 Å². The topological polar surface area (TPSA) is 66.4 Å². The van der Waals surface area contributed by atoms with Crippen LogP contribution in [-0.4, -0.2) is 60.1 Å². The minimum atomic E-state index is -0.294. The average Bonchev–Trinajstić information content (AvgIpc) is 3.52. The lowest BCUT2D eigenvalue weighted by molar-refractivity contribution is 0.192. The molecular formula is C27H30FN5O. The number of likely N-dealkylation sites (tertiary alicyclic amines) is 2. The molecule has 3 aromatic rings. The van der Waals surface area contributed by atoms with E-state index in [2.05, 4.69) is 22.1 Å². The summed E-state index contributed by atoms with van der Waals surface area (Å²) in [5.41, 5.74) is 3.70. The third-order valence-electron chi connectivity index (χ3n) is 7.19. The van der Waals surface area contributed by atoms with Crippen molar-refractivity contribution in [1.29, 1.82) is 5.26 Å². The summed E-state index contributed by atoms with van der Waals surface area (Å²) in [5.74, 6) is 0.121. The molecule has 176 valence electrons. The van der Waals surface area contributed by atoms with E-state index >= 15 is 0 Å². The lowest BCUT2D eigenvalue weighted by atomic mass is 9.97. The van der Waals surface area contributed by atoms with Crippen LogP contribution in [0.15, 0.2) is 48.7 Å². The number of anilines is 1. The number of rotatable bonds is 5. The number of nitriles is 1. The van der Waals surface area contributed by atoms with Crippen LogP contribution in [0.2, 0.25) is 0 Å². The number of hydrogen-bond acceptors (Lipinski definition) is 3. The van der Waals surface area contributed by atoms with Gasteiger partial charge in [0.15, 0.2) is 0 Å². The number of halogens is 1. The van der Waals surface area contributed by atoms with Crippen LogP contribution in [0.4, 0.5) is 14.9 Å².